The topological polar surface area (TPSA) is 99.1 Å². The number of phenols is 1. The van der Waals surface area contributed by atoms with Gasteiger partial charge in [-0.05, 0) is 43.7 Å². The monoisotopic (exact) mass is 409 g/mol. The number of nitrogens with zero attached hydrogens (tertiary/aromatic N) is 2. The SMILES string of the molecule is C/C(=N/NC(=O)CN(c1ccc(C)c(Cl)c1)S(C)(=O)=O)c1ccccc1O. The van der Waals surface area contributed by atoms with E-state index in [0.29, 0.717) is 16.3 Å². The highest BCUT2D eigenvalue weighted by molar-refractivity contribution is 7.92. The van der Waals surface area contributed by atoms with Crippen LogP contribution in [0.15, 0.2) is 47.6 Å². The molecule has 9 heteroatoms. The van der Waals surface area contributed by atoms with Crippen LogP contribution in [0, 0.1) is 6.92 Å². The van der Waals surface area contributed by atoms with Gasteiger partial charge in [0.1, 0.15) is 12.3 Å². The lowest BCUT2D eigenvalue weighted by Crippen LogP contribution is -2.39. The fraction of sp³-hybridized carbons (Fsp3) is 0.222. The quantitative estimate of drug-likeness (QED) is 0.566. The maximum Gasteiger partial charge on any atom is 0.260 e. The number of rotatable bonds is 6. The van der Waals surface area contributed by atoms with Crippen molar-refractivity contribution in [1.82, 2.24) is 5.43 Å². The first kappa shape index (κ1) is 20.7. The summed E-state index contributed by atoms with van der Waals surface area (Å²) in [4.78, 5) is 12.2. The second-order valence-electron chi connectivity index (χ2n) is 5.95. The molecule has 7 nitrogen and oxygen atoms in total. The Hall–Kier alpha value is -2.58. The molecule has 0 aliphatic rings. The number of amides is 1. The molecule has 2 rings (SSSR count). The second kappa shape index (κ2) is 8.41. The third kappa shape index (κ3) is 5.45. The van der Waals surface area contributed by atoms with Gasteiger partial charge >= 0.3 is 0 Å². The van der Waals surface area contributed by atoms with Crippen molar-refractivity contribution in [2.24, 2.45) is 5.10 Å². The predicted molar refractivity (Wildman–Crippen MR) is 107 cm³/mol. The number of benzene rings is 2. The highest BCUT2D eigenvalue weighted by Gasteiger charge is 2.21. The fourth-order valence-corrected chi connectivity index (χ4v) is 3.31. The van der Waals surface area contributed by atoms with E-state index in [1.54, 1.807) is 44.2 Å². The van der Waals surface area contributed by atoms with Gasteiger partial charge < -0.3 is 5.11 Å². The summed E-state index contributed by atoms with van der Waals surface area (Å²) in [6, 6.07) is 11.3. The molecule has 0 spiro atoms. The number of aromatic hydroxyl groups is 1. The second-order valence-corrected chi connectivity index (χ2v) is 8.27. The number of para-hydroxylation sites is 1. The lowest BCUT2D eigenvalue weighted by Gasteiger charge is -2.22. The number of anilines is 1. The van der Waals surface area contributed by atoms with Crippen LogP contribution in [0.2, 0.25) is 5.02 Å². The van der Waals surface area contributed by atoms with Crippen molar-refractivity contribution < 1.29 is 18.3 Å². The molecule has 0 bridgehead atoms. The number of hydrogen-bond donors (Lipinski definition) is 2. The molecule has 0 heterocycles. The molecule has 0 atom stereocenters. The van der Waals surface area contributed by atoms with Crippen LogP contribution in [0.5, 0.6) is 5.75 Å². The Morgan fingerprint density at radius 3 is 2.52 bits per heavy atom. The average Bonchev–Trinajstić information content (AvgIpc) is 2.59. The van der Waals surface area contributed by atoms with Crippen LogP contribution in [0.25, 0.3) is 0 Å². The number of carbonyl (C=O) groups excluding carboxylic acids is 1. The Morgan fingerprint density at radius 1 is 1.26 bits per heavy atom. The molecule has 0 aliphatic carbocycles. The van der Waals surface area contributed by atoms with Gasteiger partial charge in [-0.2, -0.15) is 5.10 Å². The standard InChI is InChI=1S/C18H20ClN3O4S/c1-12-8-9-14(10-16(12)19)22(27(3,25)26)11-18(24)21-20-13(2)15-6-4-5-7-17(15)23/h4-10,23H,11H2,1-3H3,(H,21,24)/b20-13-. The molecule has 0 fully saturated rings. The zero-order valence-corrected chi connectivity index (χ0v) is 16.7. The minimum atomic E-state index is -3.71. The summed E-state index contributed by atoms with van der Waals surface area (Å²) in [6.45, 7) is 2.94. The molecule has 2 aromatic rings. The summed E-state index contributed by atoms with van der Waals surface area (Å²) in [7, 11) is -3.71. The molecule has 0 radical (unpaired) electrons. The highest BCUT2D eigenvalue weighted by Crippen LogP contribution is 2.24. The van der Waals surface area contributed by atoms with Gasteiger partial charge in [0.2, 0.25) is 10.0 Å². The first-order valence-corrected chi connectivity index (χ1v) is 10.2. The van der Waals surface area contributed by atoms with E-state index in [4.69, 9.17) is 11.6 Å². The van der Waals surface area contributed by atoms with Gasteiger partial charge in [0.05, 0.1) is 17.7 Å². The van der Waals surface area contributed by atoms with Crippen molar-refractivity contribution in [2.75, 3.05) is 17.1 Å². The summed E-state index contributed by atoms with van der Waals surface area (Å²) < 4.78 is 25.1. The van der Waals surface area contributed by atoms with Crippen LogP contribution >= 0.6 is 11.6 Å². The average molecular weight is 410 g/mol. The third-order valence-electron chi connectivity index (χ3n) is 3.77. The van der Waals surface area contributed by atoms with Crippen LogP contribution in [-0.2, 0) is 14.8 Å². The molecule has 2 aromatic carbocycles. The number of halogens is 1. The van der Waals surface area contributed by atoms with Crippen molar-refractivity contribution in [2.45, 2.75) is 13.8 Å². The minimum Gasteiger partial charge on any atom is -0.507 e. The maximum atomic E-state index is 12.2. The highest BCUT2D eigenvalue weighted by atomic mass is 35.5. The summed E-state index contributed by atoms with van der Waals surface area (Å²) in [5, 5.41) is 14.1. The van der Waals surface area contributed by atoms with Gasteiger partial charge in [0, 0.05) is 10.6 Å². The zero-order chi connectivity index (χ0) is 20.2. The number of sulfonamides is 1. The molecule has 2 N–H and O–H groups in total. The first-order chi connectivity index (χ1) is 12.6. The number of hydrazone groups is 1. The van der Waals surface area contributed by atoms with Crippen molar-refractivity contribution in [3.8, 4) is 5.75 Å². The molecular formula is C18H20ClN3O4S. The van der Waals surface area contributed by atoms with E-state index in [0.717, 1.165) is 16.1 Å². The molecule has 0 aromatic heterocycles. The van der Waals surface area contributed by atoms with Crippen LogP contribution in [-0.4, -0.2) is 37.9 Å². The Bertz CT molecular complexity index is 990. The van der Waals surface area contributed by atoms with Gasteiger partial charge in [-0.1, -0.05) is 29.8 Å². The number of aryl methyl sites for hydroxylation is 1. The lowest BCUT2D eigenvalue weighted by molar-refractivity contribution is -0.119. The van der Waals surface area contributed by atoms with E-state index in [1.807, 2.05) is 0 Å². The first-order valence-electron chi connectivity index (χ1n) is 7.95. The van der Waals surface area contributed by atoms with Crippen molar-refractivity contribution >= 4 is 38.9 Å². The number of carbonyl (C=O) groups is 1. The van der Waals surface area contributed by atoms with Gasteiger partial charge in [-0.25, -0.2) is 13.8 Å². The smallest absolute Gasteiger partial charge is 0.260 e. The van der Waals surface area contributed by atoms with Crippen LogP contribution in [0.3, 0.4) is 0 Å². The minimum absolute atomic E-state index is 0.0278. The summed E-state index contributed by atoms with van der Waals surface area (Å²) >= 11 is 6.06. The molecule has 1 amide bonds. The predicted octanol–water partition coefficient (Wildman–Crippen LogP) is 2.66. The largest absolute Gasteiger partial charge is 0.507 e. The Balaban J connectivity index is 2.18. The van der Waals surface area contributed by atoms with Crippen molar-refractivity contribution in [3.63, 3.8) is 0 Å². The normalized spacial score (nSPS) is 11.9. The van der Waals surface area contributed by atoms with Crippen molar-refractivity contribution in [1.29, 1.82) is 0 Å². The Morgan fingerprint density at radius 2 is 1.93 bits per heavy atom. The number of phenolic OH excluding ortho intramolecular Hbond substituents is 1. The fourth-order valence-electron chi connectivity index (χ4n) is 2.29. The molecular weight excluding hydrogens is 390 g/mol. The van der Waals surface area contributed by atoms with Crippen LogP contribution < -0.4 is 9.73 Å². The van der Waals surface area contributed by atoms with Gasteiger partial charge in [0.25, 0.3) is 5.91 Å². The van der Waals surface area contributed by atoms with Crippen LogP contribution in [0.4, 0.5) is 5.69 Å². The molecule has 0 aliphatic heterocycles. The van der Waals surface area contributed by atoms with E-state index >= 15 is 0 Å². The molecule has 0 saturated carbocycles. The van der Waals surface area contributed by atoms with Gasteiger partial charge in [-0.15, -0.1) is 0 Å². The molecule has 0 unspecified atom stereocenters. The lowest BCUT2D eigenvalue weighted by atomic mass is 10.1. The van der Waals surface area contributed by atoms with Gasteiger partial charge in [0.15, 0.2) is 0 Å². The van der Waals surface area contributed by atoms with Gasteiger partial charge in [-0.3, -0.25) is 9.10 Å². The summed E-state index contributed by atoms with van der Waals surface area (Å²) in [6.07, 6.45) is 1.00. The van der Waals surface area contributed by atoms with E-state index in [1.165, 1.54) is 12.1 Å². The zero-order valence-electron chi connectivity index (χ0n) is 15.1. The number of nitrogens with one attached hydrogen (secondary N) is 1. The maximum absolute atomic E-state index is 12.2. The third-order valence-corrected chi connectivity index (χ3v) is 5.32. The summed E-state index contributed by atoms with van der Waals surface area (Å²) in [5.41, 5.74) is 4.22. The molecule has 27 heavy (non-hydrogen) atoms. The van der Waals surface area contributed by atoms with Crippen LogP contribution in [0.1, 0.15) is 18.1 Å². The van der Waals surface area contributed by atoms with E-state index < -0.39 is 22.5 Å². The molecule has 144 valence electrons. The number of hydrogen-bond acceptors (Lipinski definition) is 5. The van der Waals surface area contributed by atoms with E-state index in [9.17, 15) is 18.3 Å². The van der Waals surface area contributed by atoms with Crippen molar-refractivity contribution in [3.05, 3.63) is 58.6 Å². The Labute approximate surface area is 163 Å². The van der Waals surface area contributed by atoms with E-state index in [2.05, 4.69) is 10.5 Å². The molecule has 0 saturated heterocycles. The summed E-state index contributed by atoms with van der Waals surface area (Å²) in [5.74, 6) is -0.605. The Kier molecular flexibility index (Phi) is 6.45. The van der Waals surface area contributed by atoms with E-state index in [-0.39, 0.29) is 11.4 Å².